The maximum absolute atomic E-state index is 6.03. The summed E-state index contributed by atoms with van der Waals surface area (Å²) < 4.78 is 5.50. The molecule has 0 atom stereocenters. The largest absolute Gasteiger partial charge is 0.476 e. The summed E-state index contributed by atoms with van der Waals surface area (Å²) in [5.74, 6) is 1.93. The highest BCUT2D eigenvalue weighted by Gasteiger charge is 2.15. The Balaban J connectivity index is 1.91. The van der Waals surface area contributed by atoms with Crippen molar-refractivity contribution >= 4 is 11.5 Å². The van der Waals surface area contributed by atoms with Crippen LogP contribution in [0.3, 0.4) is 0 Å². The first kappa shape index (κ1) is 13.9. The number of nitrogen functional groups attached to an aromatic ring is 1. The third-order valence-corrected chi connectivity index (χ3v) is 3.57. The van der Waals surface area contributed by atoms with E-state index in [4.69, 9.17) is 10.5 Å². The molecule has 1 aromatic rings. The van der Waals surface area contributed by atoms with Gasteiger partial charge >= 0.3 is 0 Å². The molecule has 0 spiro atoms. The molecule has 3 N–H and O–H groups in total. The Bertz CT molecular complexity index is 391. The van der Waals surface area contributed by atoms with Crippen LogP contribution in [0.2, 0.25) is 0 Å². The zero-order chi connectivity index (χ0) is 13.5. The van der Waals surface area contributed by atoms with Crippen molar-refractivity contribution in [1.29, 1.82) is 0 Å². The van der Waals surface area contributed by atoms with Crippen LogP contribution in [0.4, 0.5) is 11.5 Å². The van der Waals surface area contributed by atoms with Gasteiger partial charge in [-0.05, 0) is 25.2 Å². The molecule has 106 valence electrons. The van der Waals surface area contributed by atoms with E-state index in [9.17, 15) is 0 Å². The Labute approximate surface area is 115 Å². The molecule has 1 aromatic heterocycles. The maximum atomic E-state index is 6.03. The van der Waals surface area contributed by atoms with Crippen molar-refractivity contribution in [1.82, 2.24) is 9.97 Å². The smallest absolute Gasteiger partial charge is 0.242 e. The average molecular weight is 264 g/mol. The van der Waals surface area contributed by atoms with E-state index in [2.05, 4.69) is 22.2 Å². The fourth-order valence-electron chi connectivity index (χ4n) is 2.47. The zero-order valence-corrected chi connectivity index (χ0v) is 11.7. The molecule has 1 heterocycles. The number of ether oxygens (including phenoxy) is 1. The lowest BCUT2D eigenvalue weighted by atomic mass is 9.89. The number of nitrogens with two attached hydrogens (primary N) is 1. The van der Waals surface area contributed by atoms with Crippen LogP contribution in [0, 0.1) is 5.92 Å². The predicted molar refractivity (Wildman–Crippen MR) is 77.3 cm³/mol. The Morgan fingerprint density at radius 2 is 2.11 bits per heavy atom. The molecule has 0 aliphatic heterocycles. The predicted octanol–water partition coefficient (Wildman–Crippen LogP) is 2.84. The number of hydrogen-bond acceptors (Lipinski definition) is 5. The highest BCUT2D eigenvalue weighted by Crippen LogP contribution is 2.27. The van der Waals surface area contributed by atoms with Crippen molar-refractivity contribution in [3.8, 4) is 5.88 Å². The number of hydrogen-bond donors (Lipinski definition) is 2. The van der Waals surface area contributed by atoms with Crippen LogP contribution in [0.25, 0.3) is 0 Å². The monoisotopic (exact) mass is 264 g/mol. The van der Waals surface area contributed by atoms with Crippen molar-refractivity contribution in [2.45, 2.75) is 45.4 Å². The molecule has 0 radical (unpaired) electrons. The number of nitrogens with one attached hydrogen (secondary N) is 1. The summed E-state index contributed by atoms with van der Waals surface area (Å²) in [6.45, 7) is 3.62. The minimum atomic E-state index is 0.489. The van der Waals surface area contributed by atoms with E-state index in [1.54, 1.807) is 0 Å². The summed E-state index contributed by atoms with van der Waals surface area (Å²) in [4.78, 5) is 8.28. The van der Waals surface area contributed by atoms with Crippen molar-refractivity contribution in [2.24, 2.45) is 5.92 Å². The summed E-state index contributed by atoms with van der Waals surface area (Å²) >= 11 is 0. The van der Waals surface area contributed by atoms with E-state index in [1.165, 1.54) is 38.4 Å². The van der Waals surface area contributed by atoms with Crippen LogP contribution in [0.15, 0.2) is 6.33 Å². The first-order valence-corrected chi connectivity index (χ1v) is 7.28. The van der Waals surface area contributed by atoms with Gasteiger partial charge in [0.2, 0.25) is 5.88 Å². The lowest BCUT2D eigenvalue weighted by Gasteiger charge is -2.22. The SMILES string of the molecule is CCCOc1ncnc(NCC2CCCCC2)c1N. The second-order valence-electron chi connectivity index (χ2n) is 5.17. The number of nitrogens with zero attached hydrogens (tertiary/aromatic N) is 2. The first-order valence-electron chi connectivity index (χ1n) is 7.28. The van der Waals surface area contributed by atoms with Gasteiger partial charge in [0.1, 0.15) is 12.0 Å². The third kappa shape index (κ3) is 3.98. The molecular formula is C14H24N4O. The van der Waals surface area contributed by atoms with Crippen molar-refractivity contribution < 1.29 is 4.74 Å². The van der Waals surface area contributed by atoms with Crippen molar-refractivity contribution in [3.63, 3.8) is 0 Å². The molecule has 1 aliphatic rings. The highest BCUT2D eigenvalue weighted by molar-refractivity contribution is 5.66. The molecule has 0 saturated heterocycles. The Morgan fingerprint density at radius 3 is 2.84 bits per heavy atom. The Morgan fingerprint density at radius 1 is 1.32 bits per heavy atom. The summed E-state index contributed by atoms with van der Waals surface area (Å²) in [6, 6.07) is 0. The molecule has 0 unspecified atom stereocenters. The van der Waals surface area contributed by atoms with E-state index >= 15 is 0 Å². The average Bonchev–Trinajstić information content (AvgIpc) is 2.46. The maximum Gasteiger partial charge on any atom is 0.242 e. The fraction of sp³-hybridized carbons (Fsp3) is 0.714. The number of aromatic nitrogens is 2. The summed E-state index contributed by atoms with van der Waals surface area (Å²) in [5.41, 5.74) is 6.55. The molecule has 0 bridgehead atoms. The van der Waals surface area contributed by atoms with E-state index in [0.717, 1.165) is 18.9 Å². The van der Waals surface area contributed by atoms with Crippen LogP contribution in [-0.4, -0.2) is 23.1 Å². The second-order valence-corrected chi connectivity index (χ2v) is 5.17. The molecule has 2 rings (SSSR count). The van der Waals surface area contributed by atoms with Gasteiger partial charge in [0.15, 0.2) is 5.82 Å². The van der Waals surface area contributed by atoms with Gasteiger partial charge in [-0.2, -0.15) is 4.98 Å². The van der Waals surface area contributed by atoms with Crippen LogP contribution in [0.5, 0.6) is 5.88 Å². The Hall–Kier alpha value is -1.52. The minimum absolute atomic E-state index is 0.489. The van der Waals surface area contributed by atoms with E-state index in [-0.39, 0.29) is 0 Å². The number of rotatable bonds is 6. The van der Waals surface area contributed by atoms with Crippen molar-refractivity contribution in [3.05, 3.63) is 6.33 Å². The first-order chi connectivity index (χ1) is 9.31. The van der Waals surface area contributed by atoms with Gasteiger partial charge in [0.05, 0.1) is 6.61 Å². The van der Waals surface area contributed by atoms with E-state index < -0.39 is 0 Å². The zero-order valence-electron chi connectivity index (χ0n) is 11.7. The third-order valence-electron chi connectivity index (χ3n) is 3.57. The fourth-order valence-corrected chi connectivity index (χ4v) is 2.47. The molecular weight excluding hydrogens is 240 g/mol. The normalized spacial score (nSPS) is 16.3. The van der Waals surface area contributed by atoms with Gasteiger partial charge in [-0.3, -0.25) is 0 Å². The molecule has 5 nitrogen and oxygen atoms in total. The number of anilines is 2. The summed E-state index contributed by atoms with van der Waals surface area (Å²) in [6.07, 6.45) is 9.11. The lowest BCUT2D eigenvalue weighted by Crippen LogP contribution is -2.18. The summed E-state index contributed by atoms with van der Waals surface area (Å²) in [5, 5.41) is 3.34. The van der Waals surface area contributed by atoms with Gasteiger partial charge in [-0.15, -0.1) is 0 Å². The van der Waals surface area contributed by atoms with Crippen LogP contribution < -0.4 is 15.8 Å². The Kier molecular flexibility index (Phi) is 5.24. The molecule has 19 heavy (non-hydrogen) atoms. The van der Waals surface area contributed by atoms with Gasteiger partial charge in [0, 0.05) is 6.54 Å². The lowest BCUT2D eigenvalue weighted by molar-refractivity contribution is 0.306. The minimum Gasteiger partial charge on any atom is -0.476 e. The molecule has 0 amide bonds. The molecule has 1 fully saturated rings. The van der Waals surface area contributed by atoms with Crippen molar-refractivity contribution in [2.75, 3.05) is 24.2 Å². The van der Waals surface area contributed by atoms with Gasteiger partial charge < -0.3 is 15.8 Å². The van der Waals surface area contributed by atoms with Crippen LogP contribution in [-0.2, 0) is 0 Å². The van der Waals surface area contributed by atoms with Gasteiger partial charge in [-0.25, -0.2) is 4.98 Å². The van der Waals surface area contributed by atoms with Gasteiger partial charge in [-0.1, -0.05) is 26.2 Å². The van der Waals surface area contributed by atoms with Gasteiger partial charge in [0.25, 0.3) is 0 Å². The molecule has 1 aliphatic carbocycles. The van der Waals surface area contributed by atoms with Crippen LogP contribution >= 0.6 is 0 Å². The van der Waals surface area contributed by atoms with Crippen LogP contribution in [0.1, 0.15) is 45.4 Å². The molecule has 1 saturated carbocycles. The molecule has 0 aromatic carbocycles. The quantitative estimate of drug-likeness (QED) is 0.826. The molecule has 5 heteroatoms. The van der Waals surface area contributed by atoms with E-state index in [0.29, 0.717) is 24.0 Å². The summed E-state index contributed by atoms with van der Waals surface area (Å²) in [7, 11) is 0. The topological polar surface area (TPSA) is 73.1 Å². The highest BCUT2D eigenvalue weighted by atomic mass is 16.5. The standard InChI is InChI=1S/C14H24N4O/c1-2-8-19-14-12(15)13(17-10-18-14)16-9-11-6-4-3-5-7-11/h10-11H,2-9,15H2,1H3,(H,16,17,18). The second kappa shape index (κ2) is 7.16. The van der Waals surface area contributed by atoms with E-state index in [1.807, 2.05) is 0 Å².